The number of aliphatic hydroxyl groups excluding tert-OH is 1. The van der Waals surface area contributed by atoms with Gasteiger partial charge in [0.05, 0.1) is 24.0 Å². The topological polar surface area (TPSA) is 70.4 Å². The van der Waals surface area contributed by atoms with E-state index in [0.717, 1.165) is 43.1 Å². The van der Waals surface area contributed by atoms with E-state index in [-0.39, 0.29) is 12.0 Å². The number of rotatable bonds is 5. The van der Waals surface area contributed by atoms with Crippen LogP contribution in [0.25, 0.3) is 5.69 Å². The lowest BCUT2D eigenvalue weighted by molar-refractivity contribution is -0.117. The summed E-state index contributed by atoms with van der Waals surface area (Å²) in [5, 5.41) is 17.3. The third-order valence-corrected chi connectivity index (χ3v) is 4.92. The Morgan fingerprint density at radius 2 is 1.88 bits per heavy atom. The van der Waals surface area contributed by atoms with E-state index < -0.39 is 0 Å². The largest absolute Gasteiger partial charge is 0.393 e. The maximum atomic E-state index is 12.5. The normalized spacial score (nSPS) is 19.1. The number of carbonyl (C=O) groups is 1. The fourth-order valence-electron chi connectivity index (χ4n) is 3.30. The summed E-state index contributed by atoms with van der Waals surface area (Å²) in [5.74, 6) is 1.23. The summed E-state index contributed by atoms with van der Waals surface area (Å²) in [6.07, 6.45) is 3.60. The molecule has 4 rings (SSSR count). The zero-order valence-electron chi connectivity index (χ0n) is 14.3. The molecule has 25 heavy (non-hydrogen) atoms. The Kier molecular flexibility index (Phi) is 4.55. The van der Waals surface area contributed by atoms with Crippen molar-refractivity contribution in [2.75, 3.05) is 25.0 Å². The molecule has 2 heterocycles. The van der Waals surface area contributed by atoms with Crippen LogP contribution >= 0.6 is 0 Å². The molecule has 0 unspecified atom stereocenters. The number of carbonyl (C=O) groups excluding carboxylic acids is 1. The van der Waals surface area contributed by atoms with Gasteiger partial charge in [-0.05, 0) is 37.8 Å². The van der Waals surface area contributed by atoms with Crippen LogP contribution in [-0.2, 0) is 4.79 Å². The number of aliphatic hydroxyl groups is 1. The van der Waals surface area contributed by atoms with Gasteiger partial charge in [0.2, 0.25) is 5.91 Å². The lowest BCUT2D eigenvalue weighted by atomic mass is 10.1. The van der Waals surface area contributed by atoms with Gasteiger partial charge in [0.25, 0.3) is 0 Å². The summed E-state index contributed by atoms with van der Waals surface area (Å²) in [6, 6.07) is 11.9. The zero-order valence-corrected chi connectivity index (χ0v) is 14.3. The predicted molar refractivity (Wildman–Crippen MR) is 95.8 cm³/mol. The molecule has 2 aromatic rings. The van der Waals surface area contributed by atoms with Gasteiger partial charge in [-0.2, -0.15) is 5.10 Å². The van der Waals surface area contributed by atoms with Gasteiger partial charge in [0, 0.05) is 25.1 Å². The number of nitrogens with one attached hydrogen (secondary N) is 1. The van der Waals surface area contributed by atoms with Crippen LogP contribution in [0.5, 0.6) is 0 Å². The summed E-state index contributed by atoms with van der Waals surface area (Å²) in [4.78, 5) is 14.6. The molecule has 132 valence electrons. The molecule has 1 amide bonds. The molecule has 0 radical (unpaired) electrons. The first-order valence-electron chi connectivity index (χ1n) is 9.05. The quantitative estimate of drug-likeness (QED) is 0.875. The molecule has 0 spiro atoms. The standard InChI is InChI=1S/C19H24N4O2/c24-16-8-10-22(11-9-16)13-19(25)20-18-12-17(14-6-7-14)21-23(18)15-4-2-1-3-5-15/h1-5,12,14,16,24H,6-11,13H2,(H,20,25). The first-order valence-corrected chi connectivity index (χ1v) is 9.05. The van der Waals surface area contributed by atoms with E-state index >= 15 is 0 Å². The lowest BCUT2D eigenvalue weighted by Gasteiger charge is -2.28. The molecule has 0 bridgehead atoms. The van der Waals surface area contributed by atoms with E-state index in [0.29, 0.717) is 12.5 Å². The van der Waals surface area contributed by atoms with Gasteiger partial charge in [0.15, 0.2) is 0 Å². The second kappa shape index (κ2) is 6.98. The Morgan fingerprint density at radius 1 is 1.16 bits per heavy atom. The van der Waals surface area contributed by atoms with Gasteiger partial charge in [0.1, 0.15) is 5.82 Å². The van der Waals surface area contributed by atoms with E-state index in [1.807, 2.05) is 41.1 Å². The first kappa shape index (κ1) is 16.3. The molecule has 1 saturated heterocycles. The van der Waals surface area contributed by atoms with Crippen molar-refractivity contribution in [2.24, 2.45) is 0 Å². The van der Waals surface area contributed by atoms with Crippen LogP contribution in [0.15, 0.2) is 36.4 Å². The average Bonchev–Trinajstić information content (AvgIpc) is 3.39. The van der Waals surface area contributed by atoms with Crippen LogP contribution in [0.3, 0.4) is 0 Å². The number of benzene rings is 1. The van der Waals surface area contributed by atoms with Crippen LogP contribution < -0.4 is 5.32 Å². The number of hydrogen-bond donors (Lipinski definition) is 2. The van der Waals surface area contributed by atoms with Gasteiger partial charge in [-0.15, -0.1) is 0 Å². The minimum atomic E-state index is -0.222. The maximum absolute atomic E-state index is 12.5. The molecule has 1 aromatic carbocycles. The van der Waals surface area contributed by atoms with Crippen molar-refractivity contribution < 1.29 is 9.90 Å². The molecule has 2 aliphatic rings. The minimum absolute atomic E-state index is 0.0317. The first-order chi connectivity index (χ1) is 12.2. The molecule has 6 nitrogen and oxygen atoms in total. The zero-order chi connectivity index (χ0) is 17.2. The smallest absolute Gasteiger partial charge is 0.239 e. The third kappa shape index (κ3) is 3.91. The Labute approximate surface area is 147 Å². The van der Waals surface area contributed by atoms with E-state index in [9.17, 15) is 9.90 Å². The Bertz CT molecular complexity index is 731. The lowest BCUT2D eigenvalue weighted by Crippen LogP contribution is -2.40. The van der Waals surface area contributed by atoms with Gasteiger partial charge in [-0.25, -0.2) is 4.68 Å². The summed E-state index contributed by atoms with van der Waals surface area (Å²) >= 11 is 0. The molecule has 1 aliphatic carbocycles. The predicted octanol–water partition coefficient (Wildman–Crippen LogP) is 2.14. The fourth-order valence-corrected chi connectivity index (χ4v) is 3.30. The second-order valence-electron chi connectivity index (χ2n) is 7.03. The fraction of sp³-hybridized carbons (Fsp3) is 0.474. The molecule has 2 fully saturated rings. The van der Waals surface area contributed by atoms with Crippen LogP contribution in [0.1, 0.15) is 37.3 Å². The highest BCUT2D eigenvalue weighted by Gasteiger charge is 2.28. The molecule has 1 aromatic heterocycles. The second-order valence-corrected chi connectivity index (χ2v) is 7.03. The van der Waals surface area contributed by atoms with Crippen molar-refractivity contribution in [3.63, 3.8) is 0 Å². The van der Waals surface area contributed by atoms with Gasteiger partial charge < -0.3 is 10.4 Å². The molecule has 2 N–H and O–H groups in total. The summed E-state index contributed by atoms with van der Waals surface area (Å²) in [5.41, 5.74) is 2.01. The van der Waals surface area contributed by atoms with Crippen LogP contribution in [0.4, 0.5) is 5.82 Å². The highest BCUT2D eigenvalue weighted by molar-refractivity contribution is 5.91. The maximum Gasteiger partial charge on any atom is 0.239 e. The van der Waals surface area contributed by atoms with Gasteiger partial charge in [-0.3, -0.25) is 9.69 Å². The van der Waals surface area contributed by atoms with Crippen molar-refractivity contribution in [3.8, 4) is 5.69 Å². The minimum Gasteiger partial charge on any atom is -0.393 e. The Hall–Kier alpha value is -2.18. The number of amides is 1. The van der Waals surface area contributed by atoms with Crippen molar-refractivity contribution in [3.05, 3.63) is 42.1 Å². The van der Waals surface area contributed by atoms with Crippen molar-refractivity contribution in [1.29, 1.82) is 0 Å². The molecular weight excluding hydrogens is 316 g/mol. The molecule has 6 heteroatoms. The number of para-hydroxylation sites is 1. The molecule has 1 aliphatic heterocycles. The van der Waals surface area contributed by atoms with Gasteiger partial charge >= 0.3 is 0 Å². The average molecular weight is 340 g/mol. The monoisotopic (exact) mass is 340 g/mol. The van der Waals surface area contributed by atoms with Crippen LogP contribution in [-0.4, -0.2) is 51.4 Å². The van der Waals surface area contributed by atoms with Gasteiger partial charge in [-0.1, -0.05) is 18.2 Å². The number of piperidine rings is 1. The highest BCUT2D eigenvalue weighted by atomic mass is 16.3. The Morgan fingerprint density at radius 3 is 2.56 bits per heavy atom. The van der Waals surface area contributed by atoms with E-state index in [1.165, 1.54) is 12.8 Å². The summed E-state index contributed by atoms with van der Waals surface area (Å²) in [7, 11) is 0. The molecule has 1 saturated carbocycles. The third-order valence-electron chi connectivity index (χ3n) is 4.92. The van der Waals surface area contributed by atoms with Crippen LogP contribution in [0, 0.1) is 0 Å². The van der Waals surface area contributed by atoms with Crippen molar-refractivity contribution >= 4 is 11.7 Å². The van der Waals surface area contributed by atoms with E-state index in [2.05, 4.69) is 10.2 Å². The Balaban J connectivity index is 1.48. The molecular formula is C19H24N4O2. The number of nitrogens with zero attached hydrogens (tertiary/aromatic N) is 3. The number of hydrogen-bond acceptors (Lipinski definition) is 4. The molecule has 0 atom stereocenters. The van der Waals surface area contributed by atoms with Crippen LogP contribution in [0.2, 0.25) is 0 Å². The SMILES string of the molecule is O=C(CN1CCC(O)CC1)Nc1cc(C2CC2)nn1-c1ccccc1. The summed E-state index contributed by atoms with van der Waals surface area (Å²) < 4.78 is 1.82. The number of aromatic nitrogens is 2. The van der Waals surface area contributed by atoms with E-state index in [4.69, 9.17) is 5.10 Å². The number of anilines is 1. The van der Waals surface area contributed by atoms with Crippen molar-refractivity contribution in [2.45, 2.75) is 37.7 Å². The summed E-state index contributed by atoms with van der Waals surface area (Å²) in [6.45, 7) is 1.88. The highest BCUT2D eigenvalue weighted by Crippen LogP contribution is 2.40. The number of likely N-dealkylation sites (tertiary alicyclic amines) is 1. The van der Waals surface area contributed by atoms with E-state index in [1.54, 1.807) is 0 Å². The van der Waals surface area contributed by atoms with Crippen molar-refractivity contribution in [1.82, 2.24) is 14.7 Å².